The summed E-state index contributed by atoms with van der Waals surface area (Å²) in [7, 11) is 2.04. The molecule has 2 heteroatoms. The van der Waals surface area contributed by atoms with Crippen LogP contribution in [0.15, 0.2) is 42.1 Å². The molecule has 0 aliphatic carbocycles. The number of nitrogens with zero attached hydrogens (tertiary/aromatic N) is 1. The average Bonchev–Trinajstić information content (AvgIpc) is 2.66. The van der Waals surface area contributed by atoms with E-state index in [1.807, 2.05) is 37.4 Å². The van der Waals surface area contributed by atoms with Crippen LogP contribution in [0.5, 0.6) is 0 Å². The molecule has 0 amide bonds. The topological polar surface area (TPSA) is 20.3 Å². The van der Waals surface area contributed by atoms with Crippen LogP contribution >= 0.6 is 0 Å². The van der Waals surface area contributed by atoms with Crippen LogP contribution in [0.25, 0.3) is 0 Å². The minimum absolute atomic E-state index is 0.111. The molecule has 1 saturated heterocycles. The Balaban J connectivity index is 2.16. The van der Waals surface area contributed by atoms with E-state index in [9.17, 15) is 4.79 Å². The van der Waals surface area contributed by atoms with Crippen LogP contribution in [0, 0.1) is 0 Å². The smallest absolute Gasteiger partial charge is 0.187 e. The van der Waals surface area contributed by atoms with Crippen molar-refractivity contribution in [1.82, 2.24) is 4.90 Å². The summed E-state index contributed by atoms with van der Waals surface area (Å²) in [5.74, 6) is 0.111. The normalized spacial score (nSPS) is 18.5. The fraction of sp³-hybridized carbons (Fsp3) is 0.308. The molecule has 1 aliphatic heterocycles. The molecule has 15 heavy (non-hydrogen) atoms. The molecule has 0 aromatic heterocycles. The molecule has 0 spiro atoms. The Labute approximate surface area is 90.2 Å². The summed E-state index contributed by atoms with van der Waals surface area (Å²) in [4.78, 5) is 14.0. The van der Waals surface area contributed by atoms with E-state index in [1.165, 1.54) is 0 Å². The van der Waals surface area contributed by atoms with E-state index >= 15 is 0 Å². The number of hydrogen-bond acceptors (Lipinski definition) is 2. The number of allylic oxidation sites excluding steroid dienone is 2. The van der Waals surface area contributed by atoms with Crippen LogP contribution < -0.4 is 0 Å². The van der Waals surface area contributed by atoms with E-state index in [1.54, 1.807) is 6.08 Å². The highest BCUT2D eigenvalue weighted by molar-refractivity contribution is 6.04. The van der Waals surface area contributed by atoms with Crippen molar-refractivity contribution in [3.05, 3.63) is 47.7 Å². The van der Waals surface area contributed by atoms with Crippen LogP contribution in [0.4, 0.5) is 0 Å². The fourth-order valence-corrected chi connectivity index (χ4v) is 1.85. The first-order chi connectivity index (χ1) is 7.27. The Hall–Kier alpha value is -1.57. The molecule has 0 bridgehead atoms. The van der Waals surface area contributed by atoms with Crippen molar-refractivity contribution in [2.24, 2.45) is 0 Å². The third-order valence-corrected chi connectivity index (χ3v) is 2.77. The van der Waals surface area contributed by atoms with Crippen molar-refractivity contribution in [3.8, 4) is 0 Å². The van der Waals surface area contributed by atoms with Gasteiger partial charge >= 0.3 is 0 Å². The van der Waals surface area contributed by atoms with Crippen LogP contribution in [-0.4, -0.2) is 24.3 Å². The predicted molar refractivity (Wildman–Crippen MR) is 60.7 cm³/mol. The molecule has 0 radical (unpaired) electrons. The molecule has 1 aromatic carbocycles. The van der Waals surface area contributed by atoms with Crippen LogP contribution in [-0.2, 0) is 0 Å². The lowest BCUT2D eigenvalue weighted by molar-refractivity contribution is 0.104. The Morgan fingerprint density at radius 1 is 1.33 bits per heavy atom. The van der Waals surface area contributed by atoms with Gasteiger partial charge in [0.15, 0.2) is 5.78 Å². The van der Waals surface area contributed by atoms with E-state index < -0.39 is 0 Å². The predicted octanol–water partition coefficient (Wildman–Crippen LogP) is 2.48. The van der Waals surface area contributed by atoms with Gasteiger partial charge in [-0.3, -0.25) is 4.79 Å². The second-order valence-corrected chi connectivity index (χ2v) is 3.89. The van der Waals surface area contributed by atoms with Gasteiger partial charge in [-0.15, -0.1) is 0 Å². The molecular weight excluding hydrogens is 186 g/mol. The second-order valence-electron chi connectivity index (χ2n) is 3.89. The first-order valence-electron chi connectivity index (χ1n) is 5.28. The SMILES string of the molecule is CN1CCC/C1=C/C(=O)c1ccccc1. The molecule has 0 N–H and O–H groups in total. The summed E-state index contributed by atoms with van der Waals surface area (Å²) in [6.45, 7) is 1.06. The summed E-state index contributed by atoms with van der Waals surface area (Å²) in [6.07, 6.45) is 3.95. The molecule has 1 aromatic rings. The minimum Gasteiger partial charge on any atom is -0.378 e. The van der Waals surface area contributed by atoms with Gasteiger partial charge in [0.2, 0.25) is 0 Å². The van der Waals surface area contributed by atoms with E-state index in [2.05, 4.69) is 4.90 Å². The van der Waals surface area contributed by atoms with Gasteiger partial charge in [0.1, 0.15) is 0 Å². The number of carbonyl (C=O) groups excluding carboxylic acids is 1. The molecule has 78 valence electrons. The fourth-order valence-electron chi connectivity index (χ4n) is 1.85. The zero-order chi connectivity index (χ0) is 10.7. The van der Waals surface area contributed by atoms with Crippen molar-refractivity contribution >= 4 is 5.78 Å². The molecule has 0 atom stereocenters. The Bertz CT molecular complexity index is 381. The number of benzene rings is 1. The summed E-state index contributed by atoms with van der Waals surface area (Å²) in [5, 5.41) is 0. The van der Waals surface area contributed by atoms with Gasteiger partial charge in [0.05, 0.1) is 0 Å². The van der Waals surface area contributed by atoms with Crippen molar-refractivity contribution in [2.75, 3.05) is 13.6 Å². The molecule has 1 fully saturated rings. The highest BCUT2D eigenvalue weighted by Crippen LogP contribution is 2.19. The number of rotatable bonds is 2. The lowest BCUT2D eigenvalue weighted by Gasteiger charge is -2.11. The largest absolute Gasteiger partial charge is 0.378 e. The van der Waals surface area contributed by atoms with Gasteiger partial charge in [-0.25, -0.2) is 0 Å². The Morgan fingerprint density at radius 3 is 2.67 bits per heavy atom. The zero-order valence-electron chi connectivity index (χ0n) is 8.94. The van der Waals surface area contributed by atoms with Gasteiger partial charge in [-0.05, 0) is 12.8 Å². The molecule has 1 aliphatic rings. The monoisotopic (exact) mass is 201 g/mol. The Morgan fingerprint density at radius 2 is 2.07 bits per heavy atom. The van der Waals surface area contributed by atoms with E-state index in [0.29, 0.717) is 0 Å². The molecule has 0 unspecified atom stereocenters. The molecule has 1 heterocycles. The first kappa shape index (κ1) is 9.97. The van der Waals surface area contributed by atoms with Gasteiger partial charge < -0.3 is 4.90 Å². The van der Waals surface area contributed by atoms with Crippen molar-refractivity contribution < 1.29 is 4.79 Å². The van der Waals surface area contributed by atoms with Crippen LogP contribution in [0.1, 0.15) is 23.2 Å². The van der Waals surface area contributed by atoms with Crippen molar-refractivity contribution in [2.45, 2.75) is 12.8 Å². The first-order valence-corrected chi connectivity index (χ1v) is 5.28. The molecule has 2 nitrogen and oxygen atoms in total. The molecular formula is C13H15NO. The standard InChI is InChI=1S/C13H15NO/c1-14-9-5-8-12(14)10-13(15)11-6-3-2-4-7-11/h2-4,6-7,10H,5,8-9H2,1H3/b12-10-. The zero-order valence-corrected chi connectivity index (χ0v) is 8.94. The summed E-state index contributed by atoms with van der Waals surface area (Å²) < 4.78 is 0. The van der Waals surface area contributed by atoms with E-state index in [4.69, 9.17) is 0 Å². The van der Waals surface area contributed by atoms with Gasteiger partial charge in [0.25, 0.3) is 0 Å². The quantitative estimate of drug-likeness (QED) is 0.541. The van der Waals surface area contributed by atoms with E-state index in [-0.39, 0.29) is 5.78 Å². The van der Waals surface area contributed by atoms with Crippen LogP contribution in [0.2, 0.25) is 0 Å². The number of carbonyl (C=O) groups is 1. The average molecular weight is 201 g/mol. The van der Waals surface area contributed by atoms with Gasteiger partial charge in [-0.2, -0.15) is 0 Å². The molecule has 0 saturated carbocycles. The summed E-state index contributed by atoms with van der Waals surface area (Å²) in [6, 6.07) is 9.42. The highest BCUT2D eigenvalue weighted by atomic mass is 16.1. The maximum Gasteiger partial charge on any atom is 0.187 e. The van der Waals surface area contributed by atoms with Gasteiger partial charge in [0, 0.05) is 30.9 Å². The molecule has 2 rings (SSSR count). The summed E-state index contributed by atoms with van der Waals surface area (Å²) in [5.41, 5.74) is 1.93. The third kappa shape index (κ3) is 2.27. The number of likely N-dealkylation sites (tertiary alicyclic amines) is 1. The minimum atomic E-state index is 0.111. The number of hydrogen-bond donors (Lipinski definition) is 0. The maximum absolute atomic E-state index is 11.8. The highest BCUT2D eigenvalue weighted by Gasteiger charge is 2.14. The van der Waals surface area contributed by atoms with Crippen molar-refractivity contribution in [1.29, 1.82) is 0 Å². The third-order valence-electron chi connectivity index (χ3n) is 2.77. The lowest BCUT2D eigenvalue weighted by atomic mass is 10.1. The lowest BCUT2D eigenvalue weighted by Crippen LogP contribution is -2.11. The number of ketones is 1. The van der Waals surface area contributed by atoms with Crippen LogP contribution in [0.3, 0.4) is 0 Å². The van der Waals surface area contributed by atoms with E-state index in [0.717, 1.165) is 30.6 Å². The van der Waals surface area contributed by atoms with Crippen molar-refractivity contribution in [3.63, 3.8) is 0 Å². The second kappa shape index (κ2) is 4.30. The van der Waals surface area contributed by atoms with Gasteiger partial charge in [-0.1, -0.05) is 30.3 Å². The summed E-state index contributed by atoms with van der Waals surface area (Å²) >= 11 is 0. The maximum atomic E-state index is 11.8. The Kier molecular flexibility index (Phi) is 2.86.